The lowest BCUT2D eigenvalue weighted by Crippen LogP contribution is -1.99. The molecule has 0 aliphatic heterocycles. The van der Waals surface area contributed by atoms with Crippen molar-refractivity contribution in [1.82, 2.24) is 14.8 Å². The number of rotatable bonds is 6. The Balaban J connectivity index is 1.49. The molecule has 1 N–H and O–H groups in total. The molecule has 4 nitrogen and oxygen atoms in total. The Hall–Kier alpha value is -5.22. The molecule has 188 valence electrons. The van der Waals surface area contributed by atoms with E-state index >= 15 is 0 Å². The number of allylic oxidation sites excluding steroid dienone is 1. The van der Waals surface area contributed by atoms with Gasteiger partial charge >= 0.3 is 0 Å². The molecule has 0 aliphatic rings. The minimum atomic E-state index is 0.202. The average molecular weight is 506 g/mol. The Morgan fingerprint density at radius 3 is 1.90 bits per heavy atom. The molecule has 1 heterocycles. The predicted octanol–water partition coefficient (Wildman–Crippen LogP) is 8.67. The van der Waals surface area contributed by atoms with Crippen LogP contribution in [0.5, 0.6) is 5.75 Å². The van der Waals surface area contributed by atoms with Crippen LogP contribution in [0.3, 0.4) is 0 Å². The van der Waals surface area contributed by atoms with Gasteiger partial charge in [0.2, 0.25) is 0 Å². The van der Waals surface area contributed by atoms with Crippen LogP contribution in [0, 0.1) is 0 Å². The summed E-state index contributed by atoms with van der Waals surface area (Å²) < 4.78 is 1.86. The van der Waals surface area contributed by atoms with Crippen molar-refractivity contribution >= 4 is 6.08 Å². The fraction of sp³-hybridized carbons (Fsp3) is 0.0286. The van der Waals surface area contributed by atoms with Gasteiger partial charge in [0, 0.05) is 22.3 Å². The van der Waals surface area contributed by atoms with Gasteiger partial charge in [-0.3, -0.25) is 0 Å². The molecule has 0 atom stereocenters. The Morgan fingerprint density at radius 1 is 0.615 bits per heavy atom. The van der Waals surface area contributed by atoms with Gasteiger partial charge in [0.25, 0.3) is 0 Å². The van der Waals surface area contributed by atoms with E-state index in [1.54, 1.807) is 0 Å². The third-order valence-corrected chi connectivity index (χ3v) is 6.71. The highest BCUT2D eigenvalue weighted by Crippen LogP contribution is 2.40. The topological polar surface area (TPSA) is 50.9 Å². The molecule has 4 heteroatoms. The van der Waals surface area contributed by atoms with E-state index < -0.39 is 0 Å². The van der Waals surface area contributed by atoms with Crippen molar-refractivity contribution in [1.29, 1.82) is 0 Å². The molecular formula is C35H27N3O. The predicted molar refractivity (Wildman–Crippen MR) is 159 cm³/mol. The lowest BCUT2D eigenvalue weighted by Gasteiger charge is -2.12. The molecule has 0 spiro atoms. The SMILES string of the molecule is C/C=C/c1c(-c2nc(-c3ccccc3)n(-c3ccccc3)n2)ccc(-c2cccc(-c3ccccc3)c2)c1O. The van der Waals surface area contributed by atoms with Crippen molar-refractivity contribution < 1.29 is 5.11 Å². The van der Waals surface area contributed by atoms with Crippen LogP contribution < -0.4 is 0 Å². The van der Waals surface area contributed by atoms with Crippen LogP contribution in [0.4, 0.5) is 0 Å². The summed E-state index contributed by atoms with van der Waals surface area (Å²) in [5, 5.41) is 16.5. The van der Waals surface area contributed by atoms with E-state index in [0.29, 0.717) is 11.4 Å². The van der Waals surface area contributed by atoms with Crippen LogP contribution in [0.25, 0.3) is 56.8 Å². The highest BCUT2D eigenvalue weighted by atomic mass is 16.3. The zero-order valence-electron chi connectivity index (χ0n) is 21.6. The van der Waals surface area contributed by atoms with Crippen molar-refractivity contribution in [2.45, 2.75) is 6.92 Å². The summed E-state index contributed by atoms with van der Waals surface area (Å²) in [6.07, 6.45) is 3.84. The van der Waals surface area contributed by atoms with Gasteiger partial charge in [0.1, 0.15) is 5.75 Å². The van der Waals surface area contributed by atoms with Gasteiger partial charge in [0.15, 0.2) is 11.6 Å². The quantitative estimate of drug-likeness (QED) is 0.246. The smallest absolute Gasteiger partial charge is 0.182 e. The van der Waals surface area contributed by atoms with Crippen LogP contribution in [0.15, 0.2) is 133 Å². The number of benzene rings is 5. The highest BCUT2D eigenvalue weighted by Gasteiger charge is 2.20. The number of aromatic hydroxyl groups is 1. The molecule has 0 amide bonds. The van der Waals surface area contributed by atoms with E-state index in [4.69, 9.17) is 10.1 Å². The Kier molecular flexibility index (Phi) is 6.59. The molecule has 1 aromatic heterocycles. The first-order valence-electron chi connectivity index (χ1n) is 13.0. The fourth-order valence-electron chi connectivity index (χ4n) is 4.82. The molecule has 5 aromatic carbocycles. The number of aromatic nitrogens is 3. The van der Waals surface area contributed by atoms with Crippen molar-refractivity contribution in [3.8, 4) is 56.5 Å². The minimum Gasteiger partial charge on any atom is -0.507 e. The molecule has 6 aromatic rings. The van der Waals surface area contributed by atoms with Crippen molar-refractivity contribution in [3.63, 3.8) is 0 Å². The maximum atomic E-state index is 11.6. The van der Waals surface area contributed by atoms with Crippen molar-refractivity contribution in [2.75, 3.05) is 0 Å². The Bertz CT molecular complexity index is 1700. The highest BCUT2D eigenvalue weighted by molar-refractivity contribution is 5.86. The van der Waals surface area contributed by atoms with E-state index in [9.17, 15) is 5.11 Å². The molecule has 0 bridgehead atoms. The first-order valence-corrected chi connectivity index (χ1v) is 13.0. The average Bonchev–Trinajstić information content (AvgIpc) is 3.45. The van der Waals surface area contributed by atoms with Crippen LogP contribution in [0.2, 0.25) is 0 Å². The van der Waals surface area contributed by atoms with E-state index in [-0.39, 0.29) is 5.75 Å². The van der Waals surface area contributed by atoms with E-state index in [1.807, 2.05) is 127 Å². The summed E-state index contributed by atoms with van der Waals surface area (Å²) >= 11 is 0. The fourth-order valence-corrected chi connectivity index (χ4v) is 4.82. The monoisotopic (exact) mass is 505 g/mol. The summed E-state index contributed by atoms with van der Waals surface area (Å²) in [5.74, 6) is 1.49. The lowest BCUT2D eigenvalue weighted by molar-refractivity contribution is 0.476. The second-order valence-corrected chi connectivity index (χ2v) is 9.24. The number of para-hydroxylation sites is 1. The first-order chi connectivity index (χ1) is 19.2. The number of phenols is 1. The molecule has 0 saturated carbocycles. The standard InChI is InChI=1S/C35H27N3O/c1-2-13-31-32(23-22-30(33(31)39)28-19-12-18-27(24-28)25-14-6-3-7-15-25)34-36-35(26-16-8-4-9-17-26)38(37-34)29-20-10-5-11-21-29/h2-24,39H,1H3/b13-2+. The summed E-state index contributed by atoms with van der Waals surface area (Å²) in [6, 6.07) is 42.5. The van der Waals surface area contributed by atoms with Crippen LogP contribution in [-0.4, -0.2) is 19.9 Å². The molecule has 39 heavy (non-hydrogen) atoms. The van der Waals surface area contributed by atoms with Gasteiger partial charge in [-0.2, -0.15) is 0 Å². The number of hydrogen-bond donors (Lipinski definition) is 1. The Morgan fingerprint density at radius 2 is 1.21 bits per heavy atom. The zero-order valence-corrected chi connectivity index (χ0v) is 21.6. The maximum Gasteiger partial charge on any atom is 0.182 e. The molecule has 0 aliphatic carbocycles. The first kappa shape index (κ1) is 24.1. The van der Waals surface area contributed by atoms with E-state index in [0.717, 1.165) is 44.9 Å². The maximum absolute atomic E-state index is 11.6. The largest absolute Gasteiger partial charge is 0.507 e. The normalized spacial score (nSPS) is 11.2. The molecule has 0 fully saturated rings. The number of phenolic OH excluding ortho intramolecular Hbond substituents is 1. The minimum absolute atomic E-state index is 0.202. The Labute approximate surface area is 228 Å². The molecule has 0 saturated heterocycles. The second-order valence-electron chi connectivity index (χ2n) is 9.24. The summed E-state index contributed by atoms with van der Waals surface area (Å²) in [7, 11) is 0. The van der Waals surface area contributed by atoms with Gasteiger partial charge < -0.3 is 5.11 Å². The number of nitrogens with zero attached hydrogens (tertiary/aromatic N) is 3. The van der Waals surface area contributed by atoms with E-state index in [1.165, 1.54) is 0 Å². The van der Waals surface area contributed by atoms with Gasteiger partial charge in [-0.05, 0) is 53.9 Å². The van der Waals surface area contributed by atoms with Crippen molar-refractivity contribution in [2.24, 2.45) is 0 Å². The zero-order chi connectivity index (χ0) is 26.6. The van der Waals surface area contributed by atoms with Crippen molar-refractivity contribution in [3.05, 3.63) is 139 Å². The van der Waals surface area contributed by atoms with Gasteiger partial charge in [0.05, 0.1) is 5.69 Å². The molecule has 0 unspecified atom stereocenters. The second kappa shape index (κ2) is 10.6. The van der Waals surface area contributed by atoms with E-state index in [2.05, 4.69) is 24.3 Å². The summed E-state index contributed by atoms with van der Waals surface area (Å²) in [6.45, 7) is 1.94. The van der Waals surface area contributed by atoms with Crippen LogP contribution in [0.1, 0.15) is 12.5 Å². The summed E-state index contributed by atoms with van der Waals surface area (Å²) in [5.41, 5.74) is 7.26. The molecule has 6 rings (SSSR count). The third-order valence-electron chi connectivity index (χ3n) is 6.71. The number of hydrogen-bond acceptors (Lipinski definition) is 3. The van der Waals surface area contributed by atoms with Gasteiger partial charge in [-0.1, -0.05) is 109 Å². The molecular weight excluding hydrogens is 478 g/mol. The third kappa shape index (κ3) is 4.76. The van der Waals surface area contributed by atoms with Crippen LogP contribution in [-0.2, 0) is 0 Å². The van der Waals surface area contributed by atoms with Crippen LogP contribution >= 0.6 is 0 Å². The summed E-state index contributed by atoms with van der Waals surface area (Å²) in [4.78, 5) is 4.97. The van der Waals surface area contributed by atoms with Gasteiger partial charge in [-0.15, -0.1) is 5.10 Å². The van der Waals surface area contributed by atoms with Gasteiger partial charge in [-0.25, -0.2) is 9.67 Å². The lowest BCUT2D eigenvalue weighted by atomic mass is 9.94. The molecule has 0 radical (unpaired) electrons.